The summed E-state index contributed by atoms with van der Waals surface area (Å²) >= 11 is 0. The number of carboxylic acid groups (broad SMARTS) is 1. The molecule has 0 unspecified atom stereocenters. The lowest BCUT2D eigenvalue weighted by Crippen LogP contribution is -2.13. The van der Waals surface area contributed by atoms with Crippen LogP contribution in [0.4, 0.5) is 5.69 Å². The third kappa shape index (κ3) is 2.12. The van der Waals surface area contributed by atoms with E-state index in [-0.39, 0.29) is 17.1 Å². The standard InChI is InChI=1S/C10H9N5O4/c1-5-6(2)12-13-9(8(5)10(16)17)14-4-7(3-11-14)15(18)19/h3-4H,1-2H3,(H,16,17). The zero-order chi connectivity index (χ0) is 14.2. The Morgan fingerprint density at radius 1 is 1.42 bits per heavy atom. The van der Waals surface area contributed by atoms with Crippen molar-refractivity contribution >= 4 is 11.7 Å². The van der Waals surface area contributed by atoms with Crippen LogP contribution >= 0.6 is 0 Å². The van der Waals surface area contributed by atoms with Gasteiger partial charge >= 0.3 is 11.7 Å². The number of aromatic nitrogens is 4. The Kier molecular flexibility index (Phi) is 2.95. The molecule has 9 heteroatoms. The molecule has 0 saturated heterocycles. The van der Waals surface area contributed by atoms with E-state index >= 15 is 0 Å². The SMILES string of the molecule is Cc1nnc(-n2cc([N+](=O)[O-])cn2)c(C(=O)O)c1C. The molecule has 2 rings (SSSR count). The Bertz CT molecular complexity index is 679. The third-order valence-electron chi connectivity index (χ3n) is 2.65. The minimum absolute atomic E-state index is 0.0521. The summed E-state index contributed by atoms with van der Waals surface area (Å²) in [7, 11) is 0. The number of aryl methyl sites for hydroxylation is 1. The van der Waals surface area contributed by atoms with Gasteiger partial charge in [-0.3, -0.25) is 10.1 Å². The summed E-state index contributed by atoms with van der Waals surface area (Å²) in [4.78, 5) is 21.2. The fraction of sp³-hybridized carbons (Fsp3) is 0.200. The smallest absolute Gasteiger partial charge is 0.339 e. The van der Waals surface area contributed by atoms with E-state index in [1.807, 2.05) is 0 Å². The number of rotatable bonds is 3. The maximum atomic E-state index is 11.3. The van der Waals surface area contributed by atoms with Crippen molar-refractivity contribution < 1.29 is 14.8 Å². The molecule has 0 aromatic carbocycles. The Hall–Kier alpha value is -2.84. The van der Waals surface area contributed by atoms with Crippen molar-refractivity contribution in [1.29, 1.82) is 0 Å². The van der Waals surface area contributed by atoms with Crippen LogP contribution in [0.5, 0.6) is 0 Å². The van der Waals surface area contributed by atoms with Crippen molar-refractivity contribution in [1.82, 2.24) is 20.0 Å². The van der Waals surface area contributed by atoms with Crippen LogP contribution in [-0.4, -0.2) is 36.0 Å². The van der Waals surface area contributed by atoms with E-state index in [4.69, 9.17) is 0 Å². The summed E-state index contributed by atoms with van der Waals surface area (Å²) in [5.41, 5.74) is 0.584. The van der Waals surface area contributed by atoms with E-state index in [0.717, 1.165) is 17.1 Å². The first-order valence-electron chi connectivity index (χ1n) is 5.18. The van der Waals surface area contributed by atoms with Crippen LogP contribution in [0, 0.1) is 24.0 Å². The lowest BCUT2D eigenvalue weighted by molar-refractivity contribution is -0.384. The fourth-order valence-corrected chi connectivity index (χ4v) is 1.54. The van der Waals surface area contributed by atoms with Gasteiger partial charge in [0.2, 0.25) is 0 Å². The zero-order valence-electron chi connectivity index (χ0n) is 10.1. The van der Waals surface area contributed by atoms with Crippen LogP contribution in [-0.2, 0) is 0 Å². The van der Waals surface area contributed by atoms with E-state index in [0.29, 0.717) is 11.3 Å². The summed E-state index contributed by atoms with van der Waals surface area (Å²) in [6.45, 7) is 3.22. The number of nitro groups is 1. The molecular weight excluding hydrogens is 254 g/mol. The predicted octanol–water partition coefficient (Wildman–Crippen LogP) is 0.886. The summed E-state index contributed by atoms with van der Waals surface area (Å²) in [5.74, 6) is -1.24. The topological polar surface area (TPSA) is 124 Å². The number of carbonyl (C=O) groups is 1. The van der Waals surface area contributed by atoms with Crippen LogP contribution in [0.3, 0.4) is 0 Å². The third-order valence-corrected chi connectivity index (χ3v) is 2.65. The Morgan fingerprint density at radius 2 is 2.11 bits per heavy atom. The van der Waals surface area contributed by atoms with Crippen molar-refractivity contribution in [2.75, 3.05) is 0 Å². The van der Waals surface area contributed by atoms with Gasteiger partial charge in [-0.05, 0) is 19.4 Å². The molecule has 9 nitrogen and oxygen atoms in total. The largest absolute Gasteiger partial charge is 0.478 e. The fourth-order valence-electron chi connectivity index (χ4n) is 1.54. The summed E-state index contributed by atoms with van der Waals surface area (Å²) in [5, 5.41) is 31.1. The minimum atomic E-state index is -1.19. The lowest BCUT2D eigenvalue weighted by Gasteiger charge is -2.08. The molecule has 0 aliphatic rings. The maximum absolute atomic E-state index is 11.3. The molecule has 0 radical (unpaired) electrons. The maximum Gasteiger partial charge on any atom is 0.339 e. The molecule has 2 aromatic rings. The molecule has 0 amide bonds. The van der Waals surface area contributed by atoms with Crippen molar-refractivity contribution in [3.8, 4) is 5.82 Å². The molecule has 0 atom stereocenters. The molecule has 1 N–H and O–H groups in total. The molecule has 0 bridgehead atoms. The van der Waals surface area contributed by atoms with E-state index in [1.165, 1.54) is 0 Å². The summed E-state index contributed by atoms with van der Waals surface area (Å²) < 4.78 is 1.03. The molecule has 0 fully saturated rings. The molecular formula is C10H9N5O4. The highest BCUT2D eigenvalue weighted by Crippen LogP contribution is 2.19. The highest BCUT2D eigenvalue weighted by molar-refractivity contribution is 5.92. The second-order valence-electron chi connectivity index (χ2n) is 3.81. The van der Waals surface area contributed by atoms with Crippen molar-refractivity contribution in [3.63, 3.8) is 0 Å². The van der Waals surface area contributed by atoms with Crippen LogP contribution in [0.2, 0.25) is 0 Å². The number of aromatic carboxylic acids is 1. The average molecular weight is 263 g/mol. The predicted molar refractivity (Wildman–Crippen MR) is 62.2 cm³/mol. The van der Waals surface area contributed by atoms with E-state index < -0.39 is 10.9 Å². The van der Waals surface area contributed by atoms with Gasteiger partial charge in [0.15, 0.2) is 5.82 Å². The lowest BCUT2D eigenvalue weighted by atomic mass is 10.1. The van der Waals surface area contributed by atoms with Gasteiger partial charge in [0.05, 0.1) is 10.6 Å². The van der Waals surface area contributed by atoms with E-state index in [9.17, 15) is 20.0 Å². The van der Waals surface area contributed by atoms with Crippen molar-refractivity contribution in [2.45, 2.75) is 13.8 Å². The number of hydrogen-bond donors (Lipinski definition) is 1. The van der Waals surface area contributed by atoms with E-state index in [2.05, 4.69) is 15.3 Å². The second-order valence-corrected chi connectivity index (χ2v) is 3.81. The van der Waals surface area contributed by atoms with Crippen LogP contribution < -0.4 is 0 Å². The van der Waals surface area contributed by atoms with E-state index in [1.54, 1.807) is 13.8 Å². The normalized spacial score (nSPS) is 10.4. The van der Waals surface area contributed by atoms with Gasteiger partial charge < -0.3 is 5.11 Å². The highest BCUT2D eigenvalue weighted by Gasteiger charge is 2.21. The van der Waals surface area contributed by atoms with Crippen molar-refractivity contribution in [3.05, 3.63) is 39.3 Å². The number of hydrogen-bond acceptors (Lipinski definition) is 6. The number of nitrogens with zero attached hydrogens (tertiary/aromatic N) is 5. The van der Waals surface area contributed by atoms with Crippen LogP contribution in [0.1, 0.15) is 21.6 Å². The van der Waals surface area contributed by atoms with Gasteiger partial charge in [-0.15, -0.1) is 5.10 Å². The molecule has 0 spiro atoms. The Morgan fingerprint density at radius 3 is 2.63 bits per heavy atom. The minimum Gasteiger partial charge on any atom is -0.478 e. The summed E-state index contributed by atoms with van der Waals surface area (Å²) in [6, 6.07) is 0. The second kappa shape index (κ2) is 4.44. The van der Waals surface area contributed by atoms with Gasteiger partial charge in [-0.1, -0.05) is 0 Å². The van der Waals surface area contributed by atoms with Gasteiger partial charge in [-0.25, -0.2) is 9.48 Å². The van der Waals surface area contributed by atoms with Crippen LogP contribution in [0.15, 0.2) is 12.4 Å². The molecule has 2 aromatic heterocycles. The highest BCUT2D eigenvalue weighted by atomic mass is 16.6. The molecule has 98 valence electrons. The average Bonchev–Trinajstić information content (AvgIpc) is 2.81. The quantitative estimate of drug-likeness (QED) is 0.643. The Labute approximate surface area is 106 Å². The summed E-state index contributed by atoms with van der Waals surface area (Å²) in [6.07, 6.45) is 2.10. The molecule has 19 heavy (non-hydrogen) atoms. The Balaban J connectivity index is 2.64. The van der Waals surface area contributed by atoms with Gasteiger partial charge in [-0.2, -0.15) is 10.2 Å². The van der Waals surface area contributed by atoms with Gasteiger partial charge in [0.1, 0.15) is 18.0 Å². The van der Waals surface area contributed by atoms with Gasteiger partial charge in [0, 0.05) is 0 Å². The number of carboxylic acids is 1. The monoisotopic (exact) mass is 263 g/mol. The molecule has 2 heterocycles. The molecule has 0 aliphatic heterocycles. The molecule has 0 aliphatic carbocycles. The van der Waals surface area contributed by atoms with Crippen LogP contribution in [0.25, 0.3) is 5.82 Å². The molecule has 0 saturated carbocycles. The van der Waals surface area contributed by atoms with Gasteiger partial charge in [0.25, 0.3) is 0 Å². The first kappa shape index (κ1) is 12.6. The first-order valence-corrected chi connectivity index (χ1v) is 5.18. The van der Waals surface area contributed by atoms with Crippen molar-refractivity contribution in [2.24, 2.45) is 0 Å². The first-order chi connectivity index (χ1) is 8.91. The zero-order valence-corrected chi connectivity index (χ0v) is 10.1.